The molecule has 0 amide bonds. The van der Waals surface area contributed by atoms with Gasteiger partial charge in [0.05, 0.1) is 5.56 Å². The average Bonchev–Trinajstić information content (AvgIpc) is 2.25. The fraction of sp³-hybridized carbons (Fsp3) is 0.200. The van der Waals surface area contributed by atoms with Crippen molar-refractivity contribution in [2.75, 3.05) is 6.61 Å². The van der Waals surface area contributed by atoms with Crippen molar-refractivity contribution in [3.8, 4) is 5.75 Å². The molecule has 0 saturated carbocycles. The molecule has 110 valence electrons. The zero-order chi connectivity index (χ0) is 15.1. The molecule has 10 heteroatoms. The average molecular weight is 316 g/mol. The van der Waals surface area contributed by atoms with Gasteiger partial charge in [0.2, 0.25) is 0 Å². The van der Waals surface area contributed by atoms with Crippen LogP contribution in [0.3, 0.4) is 0 Å². The molecular weight excluding hydrogens is 311 g/mol. The first-order valence-corrected chi connectivity index (χ1v) is 6.36. The van der Waals surface area contributed by atoms with Gasteiger partial charge >= 0.3 is 15.6 Å². The SMILES string of the molecule is O=S(=O)(OC1=CCOc2cc(F)cc(F)c21)C(F)(F)F. The van der Waals surface area contributed by atoms with Crippen LogP contribution in [0.4, 0.5) is 22.0 Å². The Kier molecular flexibility index (Phi) is 3.36. The van der Waals surface area contributed by atoms with Crippen molar-refractivity contribution in [1.29, 1.82) is 0 Å². The molecule has 1 aliphatic heterocycles. The Morgan fingerprint density at radius 1 is 1.20 bits per heavy atom. The van der Waals surface area contributed by atoms with E-state index in [1.54, 1.807) is 0 Å². The number of rotatable bonds is 2. The summed E-state index contributed by atoms with van der Waals surface area (Å²) in [6, 6.07) is 1.07. The topological polar surface area (TPSA) is 52.6 Å². The molecule has 20 heavy (non-hydrogen) atoms. The minimum Gasteiger partial charge on any atom is -0.488 e. The van der Waals surface area contributed by atoms with E-state index in [2.05, 4.69) is 4.18 Å². The molecule has 0 atom stereocenters. The van der Waals surface area contributed by atoms with Gasteiger partial charge in [-0.2, -0.15) is 21.6 Å². The summed E-state index contributed by atoms with van der Waals surface area (Å²) in [4.78, 5) is 0. The van der Waals surface area contributed by atoms with Gasteiger partial charge in [0.15, 0.2) is 5.76 Å². The van der Waals surface area contributed by atoms with Gasteiger partial charge in [-0.05, 0) is 6.08 Å². The van der Waals surface area contributed by atoms with E-state index >= 15 is 0 Å². The van der Waals surface area contributed by atoms with Crippen molar-refractivity contribution in [2.24, 2.45) is 0 Å². The smallest absolute Gasteiger partial charge is 0.488 e. The molecule has 0 spiro atoms. The van der Waals surface area contributed by atoms with E-state index in [9.17, 15) is 30.4 Å². The zero-order valence-electron chi connectivity index (χ0n) is 9.37. The highest BCUT2D eigenvalue weighted by atomic mass is 32.2. The molecule has 0 unspecified atom stereocenters. The van der Waals surface area contributed by atoms with Gasteiger partial charge in [0.1, 0.15) is 24.0 Å². The van der Waals surface area contributed by atoms with E-state index in [1.807, 2.05) is 0 Å². The van der Waals surface area contributed by atoms with Gasteiger partial charge in [-0.25, -0.2) is 8.78 Å². The molecule has 0 N–H and O–H groups in total. The summed E-state index contributed by atoms with van der Waals surface area (Å²) in [5.41, 5.74) is -6.35. The summed E-state index contributed by atoms with van der Waals surface area (Å²) in [5.74, 6) is -3.68. The van der Waals surface area contributed by atoms with Gasteiger partial charge in [0.25, 0.3) is 0 Å². The van der Waals surface area contributed by atoms with Crippen LogP contribution in [0.5, 0.6) is 5.75 Å². The molecule has 0 saturated heterocycles. The summed E-state index contributed by atoms with van der Waals surface area (Å²) < 4.78 is 93.5. The first kappa shape index (κ1) is 14.6. The van der Waals surface area contributed by atoms with Crippen LogP contribution in [-0.4, -0.2) is 20.5 Å². The normalized spacial score (nSPS) is 15.2. The molecule has 1 aromatic carbocycles. The molecule has 1 heterocycles. The lowest BCUT2D eigenvalue weighted by atomic mass is 10.1. The lowest BCUT2D eigenvalue weighted by Gasteiger charge is -2.19. The largest absolute Gasteiger partial charge is 0.534 e. The molecule has 2 rings (SSSR count). The molecule has 0 radical (unpaired) electrons. The second kappa shape index (κ2) is 4.62. The van der Waals surface area contributed by atoms with Gasteiger partial charge in [-0.3, -0.25) is 0 Å². The van der Waals surface area contributed by atoms with Gasteiger partial charge in [-0.1, -0.05) is 0 Å². The minimum atomic E-state index is -5.95. The second-order valence-corrected chi connectivity index (χ2v) is 5.16. The monoisotopic (exact) mass is 316 g/mol. The maximum Gasteiger partial charge on any atom is 0.534 e. The van der Waals surface area contributed by atoms with E-state index in [4.69, 9.17) is 4.74 Å². The molecule has 0 aromatic heterocycles. The van der Waals surface area contributed by atoms with Crippen LogP contribution in [0.2, 0.25) is 0 Å². The van der Waals surface area contributed by atoms with Crippen molar-refractivity contribution >= 4 is 15.9 Å². The van der Waals surface area contributed by atoms with Crippen molar-refractivity contribution in [3.05, 3.63) is 35.4 Å². The maximum atomic E-state index is 13.5. The van der Waals surface area contributed by atoms with Crippen LogP contribution in [0.1, 0.15) is 5.56 Å². The van der Waals surface area contributed by atoms with Crippen LogP contribution >= 0.6 is 0 Å². The Labute approximate surface area is 109 Å². The third-order valence-corrected chi connectivity index (χ3v) is 3.22. The van der Waals surface area contributed by atoms with E-state index in [0.717, 1.165) is 6.08 Å². The fourth-order valence-electron chi connectivity index (χ4n) is 1.45. The Balaban J connectivity index is 2.46. The molecule has 0 aliphatic carbocycles. The summed E-state index contributed by atoms with van der Waals surface area (Å²) in [6.45, 7) is -0.390. The quantitative estimate of drug-likeness (QED) is 0.478. The number of ether oxygens (including phenoxy) is 1. The number of halogens is 5. The summed E-state index contributed by atoms with van der Waals surface area (Å²) in [5, 5.41) is 0. The maximum absolute atomic E-state index is 13.5. The number of benzene rings is 1. The van der Waals surface area contributed by atoms with Gasteiger partial charge < -0.3 is 8.92 Å². The highest BCUT2D eigenvalue weighted by Crippen LogP contribution is 2.37. The minimum absolute atomic E-state index is 0.366. The molecular formula is C10H5F5O4S. The standard InChI is InChI=1S/C10H5F5O4S/c11-5-3-6(12)9-7(1-2-18-8(9)4-5)19-20(16,17)10(13,14)15/h1,3-4H,2H2. The van der Waals surface area contributed by atoms with Crippen LogP contribution in [0, 0.1) is 11.6 Å². The Morgan fingerprint density at radius 2 is 1.85 bits per heavy atom. The highest BCUT2D eigenvalue weighted by molar-refractivity contribution is 7.87. The van der Waals surface area contributed by atoms with E-state index in [0.29, 0.717) is 12.1 Å². The van der Waals surface area contributed by atoms with Crippen LogP contribution in [0.15, 0.2) is 18.2 Å². The zero-order valence-corrected chi connectivity index (χ0v) is 10.2. The molecule has 0 fully saturated rings. The first-order valence-electron chi connectivity index (χ1n) is 4.95. The lowest BCUT2D eigenvalue weighted by molar-refractivity contribution is -0.0510. The third kappa shape index (κ3) is 2.55. The van der Waals surface area contributed by atoms with E-state index in [-0.39, 0.29) is 0 Å². The van der Waals surface area contributed by atoms with Gasteiger partial charge in [0, 0.05) is 12.1 Å². The van der Waals surface area contributed by atoms with Crippen LogP contribution in [-0.2, 0) is 14.3 Å². The first-order chi connectivity index (χ1) is 9.12. The predicted octanol–water partition coefficient (Wildman–Crippen LogP) is 2.56. The fourth-order valence-corrected chi connectivity index (χ4v) is 1.94. The second-order valence-electron chi connectivity index (χ2n) is 3.62. The summed E-state index contributed by atoms with van der Waals surface area (Å²) >= 11 is 0. The Morgan fingerprint density at radius 3 is 2.45 bits per heavy atom. The molecule has 0 bridgehead atoms. The summed E-state index contributed by atoms with van der Waals surface area (Å²) in [6.07, 6.45) is 0.798. The van der Waals surface area contributed by atoms with Crippen molar-refractivity contribution < 1.29 is 39.3 Å². The molecule has 1 aliphatic rings. The Hall–Kier alpha value is -1.84. The van der Waals surface area contributed by atoms with Crippen molar-refractivity contribution in [2.45, 2.75) is 5.51 Å². The Bertz CT molecular complexity index is 678. The number of hydrogen-bond donors (Lipinski definition) is 0. The van der Waals surface area contributed by atoms with E-state index < -0.39 is 50.9 Å². The van der Waals surface area contributed by atoms with Crippen LogP contribution < -0.4 is 4.74 Å². The van der Waals surface area contributed by atoms with Gasteiger partial charge in [-0.15, -0.1) is 0 Å². The highest BCUT2D eigenvalue weighted by Gasteiger charge is 2.49. The number of fused-ring (bicyclic) bond motifs is 1. The predicted molar refractivity (Wildman–Crippen MR) is 55.9 cm³/mol. The van der Waals surface area contributed by atoms with Crippen molar-refractivity contribution in [3.63, 3.8) is 0 Å². The molecule has 4 nitrogen and oxygen atoms in total. The van der Waals surface area contributed by atoms with Crippen LogP contribution in [0.25, 0.3) is 5.76 Å². The number of alkyl halides is 3. The lowest BCUT2D eigenvalue weighted by Crippen LogP contribution is -2.26. The van der Waals surface area contributed by atoms with E-state index in [1.165, 1.54) is 0 Å². The third-order valence-electron chi connectivity index (χ3n) is 2.26. The molecule has 1 aromatic rings. The van der Waals surface area contributed by atoms with Crippen molar-refractivity contribution in [1.82, 2.24) is 0 Å². The summed E-state index contributed by atoms with van der Waals surface area (Å²) in [7, 11) is -5.95. The number of hydrogen-bond acceptors (Lipinski definition) is 4.